The van der Waals surface area contributed by atoms with Crippen LogP contribution in [0.1, 0.15) is 5.56 Å². The minimum absolute atomic E-state index is 0.451. The largest absolute Gasteiger partial charge is 0.489 e. The van der Waals surface area contributed by atoms with Crippen LogP contribution in [-0.2, 0) is 6.61 Å². The van der Waals surface area contributed by atoms with E-state index in [2.05, 4.69) is 0 Å². The molecule has 0 atom stereocenters. The monoisotopic (exact) mass is 233 g/mol. The molecule has 16 heavy (non-hydrogen) atoms. The zero-order valence-electron chi connectivity index (χ0n) is 8.69. The lowest BCUT2D eigenvalue weighted by Gasteiger charge is -2.08. The third kappa shape index (κ3) is 2.67. The highest BCUT2D eigenvalue weighted by Crippen LogP contribution is 2.20. The van der Waals surface area contributed by atoms with E-state index in [0.717, 1.165) is 11.3 Å². The lowest BCUT2D eigenvalue weighted by atomic mass is 10.2. The van der Waals surface area contributed by atoms with Crippen molar-refractivity contribution in [3.8, 4) is 5.75 Å². The molecule has 0 aliphatic carbocycles. The minimum atomic E-state index is 0.451. The van der Waals surface area contributed by atoms with Gasteiger partial charge in [0.2, 0.25) is 0 Å². The molecular formula is C13H12ClNO. The van der Waals surface area contributed by atoms with E-state index in [4.69, 9.17) is 22.1 Å². The molecule has 0 bridgehead atoms. The van der Waals surface area contributed by atoms with Crippen molar-refractivity contribution in [2.75, 3.05) is 5.73 Å². The number of benzene rings is 2. The SMILES string of the molecule is Nc1cc(Cl)ccc1COc1ccccc1. The molecule has 0 unspecified atom stereocenters. The van der Waals surface area contributed by atoms with Crippen LogP contribution in [0.5, 0.6) is 5.75 Å². The van der Waals surface area contributed by atoms with Gasteiger partial charge in [-0.3, -0.25) is 0 Å². The van der Waals surface area contributed by atoms with E-state index >= 15 is 0 Å². The van der Waals surface area contributed by atoms with Crippen LogP contribution in [0.3, 0.4) is 0 Å². The fourth-order valence-electron chi connectivity index (χ4n) is 1.38. The smallest absolute Gasteiger partial charge is 0.119 e. The van der Waals surface area contributed by atoms with Gasteiger partial charge in [0.1, 0.15) is 12.4 Å². The molecule has 2 aromatic carbocycles. The molecule has 0 aromatic heterocycles. The molecule has 0 saturated heterocycles. The van der Waals surface area contributed by atoms with Crippen molar-refractivity contribution in [3.63, 3.8) is 0 Å². The fraction of sp³-hybridized carbons (Fsp3) is 0.0769. The molecule has 2 nitrogen and oxygen atoms in total. The Morgan fingerprint density at radius 3 is 2.50 bits per heavy atom. The normalized spacial score (nSPS) is 10.1. The topological polar surface area (TPSA) is 35.2 Å². The van der Waals surface area contributed by atoms with Crippen LogP contribution in [0.4, 0.5) is 5.69 Å². The average molecular weight is 234 g/mol. The van der Waals surface area contributed by atoms with Crippen molar-refractivity contribution >= 4 is 17.3 Å². The highest BCUT2D eigenvalue weighted by molar-refractivity contribution is 6.30. The molecule has 0 radical (unpaired) electrons. The second-order valence-corrected chi connectivity index (χ2v) is 3.88. The lowest BCUT2D eigenvalue weighted by molar-refractivity contribution is 0.307. The number of para-hydroxylation sites is 1. The molecule has 82 valence electrons. The number of nitrogen functional groups attached to an aromatic ring is 1. The van der Waals surface area contributed by atoms with E-state index in [1.807, 2.05) is 42.5 Å². The van der Waals surface area contributed by atoms with E-state index in [1.165, 1.54) is 0 Å². The predicted octanol–water partition coefficient (Wildman–Crippen LogP) is 3.50. The first kappa shape index (κ1) is 10.8. The zero-order chi connectivity index (χ0) is 11.4. The molecule has 0 aliphatic rings. The van der Waals surface area contributed by atoms with E-state index in [9.17, 15) is 0 Å². The van der Waals surface area contributed by atoms with Gasteiger partial charge in [0, 0.05) is 16.3 Å². The molecule has 2 N–H and O–H groups in total. The van der Waals surface area contributed by atoms with E-state index in [-0.39, 0.29) is 0 Å². The molecule has 0 aliphatic heterocycles. The molecule has 0 amide bonds. The van der Waals surface area contributed by atoms with Crippen LogP contribution in [0.2, 0.25) is 5.02 Å². The van der Waals surface area contributed by atoms with Crippen LogP contribution in [0.25, 0.3) is 0 Å². The third-order valence-corrected chi connectivity index (χ3v) is 2.48. The van der Waals surface area contributed by atoms with Crippen LogP contribution >= 0.6 is 11.6 Å². The Labute approximate surface area is 99.6 Å². The summed E-state index contributed by atoms with van der Waals surface area (Å²) in [6.45, 7) is 0.451. The van der Waals surface area contributed by atoms with Crippen molar-refractivity contribution in [1.29, 1.82) is 0 Å². The van der Waals surface area contributed by atoms with Crippen molar-refractivity contribution in [2.45, 2.75) is 6.61 Å². The van der Waals surface area contributed by atoms with Crippen molar-refractivity contribution in [2.24, 2.45) is 0 Å². The number of rotatable bonds is 3. The fourth-order valence-corrected chi connectivity index (χ4v) is 1.56. The molecule has 0 saturated carbocycles. The van der Waals surface area contributed by atoms with Crippen molar-refractivity contribution in [3.05, 3.63) is 59.1 Å². The Hall–Kier alpha value is -1.67. The first-order chi connectivity index (χ1) is 7.75. The third-order valence-electron chi connectivity index (χ3n) is 2.25. The summed E-state index contributed by atoms with van der Waals surface area (Å²) in [6.07, 6.45) is 0. The predicted molar refractivity (Wildman–Crippen MR) is 66.6 cm³/mol. The maximum absolute atomic E-state index is 5.82. The molecule has 3 heteroatoms. The Kier molecular flexibility index (Phi) is 3.32. The summed E-state index contributed by atoms with van der Waals surface area (Å²) in [5.74, 6) is 0.830. The Morgan fingerprint density at radius 2 is 1.81 bits per heavy atom. The van der Waals surface area contributed by atoms with E-state index in [0.29, 0.717) is 17.3 Å². The van der Waals surface area contributed by atoms with Gasteiger partial charge in [-0.05, 0) is 24.3 Å². The van der Waals surface area contributed by atoms with Gasteiger partial charge in [-0.25, -0.2) is 0 Å². The van der Waals surface area contributed by atoms with Gasteiger partial charge in [-0.15, -0.1) is 0 Å². The molecular weight excluding hydrogens is 222 g/mol. The van der Waals surface area contributed by atoms with Crippen molar-refractivity contribution < 1.29 is 4.74 Å². The summed E-state index contributed by atoms with van der Waals surface area (Å²) in [5.41, 5.74) is 7.42. The Morgan fingerprint density at radius 1 is 1.06 bits per heavy atom. The van der Waals surface area contributed by atoms with Gasteiger partial charge in [-0.2, -0.15) is 0 Å². The van der Waals surface area contributed by atoms with Gasteiger partial charge < -0.3 is 10.5 Å². The van der Waals surface area contributed by atoms with Gasteiger partial charge in [0.15, 0.2) is 0 Å². The van der Waals surface area contributed by atoms with Crippen LogP contribution < -0.4 is 10.5 Å². The summed E-state index contributed by atoms with van der Waals surface area (Å²) in [6, 6.07) is 15.0. The quantitative estimate of drug-likeness (QED) is 0.824. The highest BCUT2D eigenvalue weighted by Gasteiger charge is 2.00. The molecule has 2 aromatic rings. The number of nitrogens with two attached hydrogens (primary N) is 1. The zero-order valence-corrected chi connectivity index (χ0v) is 9.45. The number of ether oxygens (including phenoxy) is 1. The molecule has 0 spiro atoms. The van der Waals surface area contributed by atoms with Gasteiger partial charge in [-0.1, -0.05) is 35.9 Å². The number of halogens is 1. The first-order valence-electron chi connectivity index (χ1n) is 4.97. The second kappa shape index (κ2) is 4.90. The maximum atomic E-state index is 5.82. The summed E-state index contributed by atoms with van der Waals surface area (Å²) < 4.78 is 5.59. The van der Waals surface area contributed by atoms with Crippen LogP contribution in [0.15, 0.2) is 48.5 Å². The van der Waals surface area contributed by atoms with Gasteiger partial charge in [0.25, 0.3) is 0 Å². The lowest BCUT2D eigenvalue weighted by Crippen LogP contribution is -1.99. The van der Waals surface area contributed by atoms with Gasteiger partial charge in [0.05, 0.1) is 0 Å². The number of hydrogen-bond acceptors (Lipinski definition) is 2. The maximum Gasteiger partial charge on any atom is 0.119 e. The first-order valence-corrected chi connectivity index (χ1v) is 5.35. The van der Waals surface area contributed by atoms with Crippen LogP contribution in [0, 0.1) is 0 Å². The molecule has 0 heterocycles. The number of anilines is 1. The molecule has 0 fully saturated rings. The second-order valence-electron chi connectivity index (χ2n) is 3.44. The molecule has 2 rings (SSSR count). The highest BCUT2D eigenvalue weighted by atomic mass is 35.5. The Bertz CT molecular complexity index is 471. The standard InChI is InChI=1S/C13H12ClNO/c14-11-7-6-10(13(15)8-11)9-16-12-4-2-1-3-5-12/h1-8H,9,15H2. The summed E-state index contributed by atoms with van der Waals surface area (Å²) in [7, 11) is 0. The van der Waals surface area contributed by atoms with Crippen molar-refractivity contribution in [1.82, 2.24) is 0 Å². The summed E-state index contributed by atoms with van der Waals surface area (Å²) >= 11 is 5.81. The van der Waals surface area contributed by atoms with E-state index < -0.39 is 0 Å². The summed E-state index contributed by atoms with van der Waals surface area (Å²) in [5, 5.41) is 0.640. The summed E-state index contributed by atoms with van der Waals surface area (Å²) in [4.78, 5) is 0. The van der Waals surface area contributed by atoms with Gasteiger partial charge >= 0.3 is 0 Å². The Balaban J connectivity index is 2.05. The van der Waals surface area contributed by atoms with E-state index in [1.54, 1.807) is 6.07 Å². The minimum Gasteiger partial charge on any atom is -0.489 e. The average Bonchev–Trinajstić information content (AvgIpc) is 2.29. The number of hydrogen-bond donors (Lipinski definition) is 1. The van der Waals surface area contributed by atoms with Crippen LogP contribution in [-0.4, -0.2) is 0 Å².